The number of ether oxygens (including phenoxy) is 1. The summed E-state index contributed by atoms with van der Waals surface area (Å²) < 4.78 is 22.1. The molecule has 7 nitrogen and oxygen atoms in total. The maximum absolute atomic E-state index is 15.3. The van der Waals surface area contributed by atoms with Crippen molar-refractivity contribution in [3.05, 3.63) is 18.0 Å². The Hall–Kier alpha value is -1.96. The first-order valence-corrected chi connectivity index (χ1v) is 8.42. The van der Waals surface area contributed by atoms with E-state index in [1.165, 1.54) is 9.80 Å². The molecule has 0 aromatic carbocycles. The molecular formula is C16H23FN4O3. The lowest BCUT2D eigenvalue weighted by atomic mass is 9.92. The normalized spacial score (nSPS) is 24.9. The number of morpholine rings is 1. The fourth-order valence-corrected chi connectivity index (χ4v) is 3.34. The van der Waals surface area contributed by atoms with E-state index in [1.807, 2.05) is 6.92 Å². The zero-order valence-corrected chi connectivity index (χ0v) is 13.9. The molecule has 0 spiro atoms. The average Bonchev–Trinajstić information content (AvgIpc) is 3.10. The van der Waals surface area contributed by atoms with Crippen molar-refractivity contribution in [2.75, 3.05) is 39.4 Å². The molecule has 1 aromatic heterocycles. The Morgan fingerprint density at radius 2 is 2.04 bits per heavy atom. The van der Waals surface area contributed by atoms with Crippen LogP contribution in [0.2, 0.25) is 0 Å². The Morgan fingerprint density at radius 1 is 1.29 bits per heavy atom. The highest BCUT2D eigenvalue weighted by Crippen LogP contribution is 2.29. The van der Waals surface area contributed by atoms with E-state index >= 15 is 4.39 Å². The summed E-state index contributed by atoms with van der Waals surface area (Å²) in [6, 6.07) is 1.63. The van der Waals surface area contributed by atoms with Gasteiger partial charge in [0.2, 0.25) is 5.67 Å². The van der Waals surface area contributed by atoms with Gasteiger partial charge in [0.05, 0.1) is 19.8 Å². The maximum atomic E-state index is 15.3. The van der Waals surface area contributed by atoms with Crippen LogP contribution < -0.4 is 0 Å². The Bertz CT molecular complexity index is 614. The fraction of sp³-hybridized carbons (Fsp3) is 0.688. The number of carbonyl (C=O) groups excluding carboxylic acids is 2. The minimum absolute atomic E-state index is 0.153. The van der Waals surface area contributed by atoms with Gasteiger partial charge in [0.15, 0.2) is 0 Å². The number of amides is 2. The van der Waals surface area contributed by atoms with Crippen molar-refractivity contribution < 1.29 is 18.7 Å². The molecule has 1 aromatic rings. The number of aryl methyl sites for hydroxylation is 1. The van der Waals surface area contributed by atoms with Crippen LogP contribution in [0.25, 0.3) is 0 Å². The largest absolute Gasteiger partial charge is 0.378 e. The van der Waals surface area contributed by atoms with Gasteiger partial charge in [-0.1, -0.05) is 0 Å². The lowest BCUT2D eigenvalue weighted by molar-refractivity contribution is -0.151. The monoisotopic (exact) mass is 338 g/mol. The van der Waals surface area contributed by atoms with Crippen LogP contribution >= 0.6 is 0 Å². The summed E-state index contributed by atoms with van der Waals surface area (Å²) in [6.07, 6.45) is 2.18. The molecule has 8 heteroatoms. The van der Waals surface area contributed by atoms with Gasteiger partial charge >= 0.3 is 0 Å². The van der Waals surface area contributed by atoms with Crippen LogP contribution in [0, 0.1) is 0 Å². The van der Waals surface area contributed by atoms with Crippen molar-refractivity contribution in [2.45, 2.75) is 32.0 Å². The van der Waals surface area contributed by atoms with E-state index in [4.69, 9.17) is 4.74 Å². The second kappa shape index (κ2) is 6.88. The van der Waals surface area contributed by atoms with Crippen LogP contribution in [0.4, 0.5) is 4.39 Å². The Labute approximate surface area is 140 Å². The van der Waals surface area contributed by atoms with E-state index in [0.717, 1.165) is 0 Å². The zero-order valence-electron chi connectivity index (χ0n) is 13.9. The minimum Gasteiger partial charge on any atom is -0.378 e. The molecule has 2 saturated heterocycles. The smallest absolute Gasteiger partial charge is 0.272 e. The van der Waals surface area contributed by atoms with Crippen LogP contribution in [-0.2, 0) is 16.1 Å². The highest BCUT2D eigenvalue weighted by Gasteiger charge is 2.46. The molecule has 0 saturated carbocycles. The maximum Gasteiger partial charge on any atom is 0.272 e. The molecule has 3 heterocycles. The predicted molar refractivity (Wildman–Crippen MR) is 84.3 cm³/mol. The lowest BCUT2D eigenvalue weighted by Crippen LogP contribution is -2.58. The van der Waals surface area contributed by atoms with Gasteiger partial charge in [-0.2, -0.15) is 5.10 Å². The van der Waals surface area contributed by atoms with Crippen molar-refractivity contribution in [3.63, 3.8) is 0 Å². The van der Waals surface area contributed by atoms with E-state index in [-0.39, 0.29) is 18.9 Å². The number of hydrogen-bond acceptors (Lipinski definition) is 4. The summed E-state index contributed by atoms with van der Waals surface area (Å²) in [5, 5.41) is 4.08. The SMILES string of the molecule is CCn1nccc1C(=O)N1CCCC(F)(C(=O)N2CCOCC2)C1. The van der Waals surface area contributed by atoms with Gasteiger partial charge in [0.25, 0.3) is 11.8 Å². The first-order chi connectivity index (χ1) is 11.5. The molecular weight excluding hydrogens is 315 g/mol. The van der Waals surface area contributed by atoms with Gasteiger partial charge in [-0.3, -0.25) is 14.3 Å². The third-order valence-corrected chi connectivity index (χ3v) is 4.65. The van der Waals surface area contributed by atoms with Crippen LogP contribution in [0.3, 0.4) is 0 Å². The summed E-state index contributed by atoms with van der Waals surface area (Å²) in [5.74, 6) is -0.793. The van der Waals surface area contributed by atoms with Gasteiger partial charge in [0.1, 0.15) is 5.69 Å². The third kappa shape index (κ3) is 3.15. The number of hydrogen-bond donors (Lipinski definition) is 0. The van der Waals surface area contributed by atoms with E-state index in [9.17, 15) is 9.59 Å². The molecule has 24 heavy (non-hydrogen) atoms. The molecule has 0 radical (unpaired) electrons. The van der Waals surface area contributed by atoms with E-state index in [1.54, 1.807) is 16.9 Å². The Kier molecular flexibility index (Phi) is 4.84. The highest BCUT2D eigenvalue weighted by molar-refractivity contribution is 5.94. The molecule has 2 aliphatic heterocycles. The molecule has 2 aliphatic rings. The summed E-state index contributed by atoms with van der Waals surface area (Å²) in [4.78, 5) is 28.2. The summed E-state index contributed by atoms with van der Waals surface area (Å²) >= 11 is 0. The van der Waals surface area contributed by atoms with Crippen molar-refractivity contribution in [1.82, 2.24) is 19.6 Å². The Morgan fingerprint density at radius 3 is 2.75 bits per heavy atom. The topological polar surface area (TPSA) is 67.7 Å². The summed E-state index contributed by atoms with van der Waals surface area (Å²) in [6.45, 7) is 4.38. The zero-order chi connectivity index (χ0) is 17.2. The van der Waals surface area contributed by atoms with Crippen molar-refractivity contribution >= 4 is 11.8 Å². The molecule has 0 N–H and O–H groups in total. The molecule has 0 bridgehead atoms. The van der Waals surface area contributed by atoms with Crippen molar-refractivity contribution in [2.24, 2.45) is 0 Å². The van der Waals surface area contributed by atoms with E-state index in [2.05, 4.69) is 5.10 Å². The van der Waals surface area contributed by atoms with E-state index < -0.39 is 11.6 Å². The summed E-state index contributed by atoms with van der Waals surface area (Å²) in [5.41, 5.74) is -1.58. The van der Waals surface area contributed by atoms with Crippen molar-refractivity contribution in [3.8, 4) is 0 Å². The van der Waals surface area contributed by atoms with Crippen LogP contribution in [0.15, 0.2) is 12.3 Å². The number of alkyl halides is 1. The number of carbonyl (C=O) groups is 2. The van der Waals surface area contributed by atoms with Crippen LogP contribution in [0.1, 0.15) is 30.3 Å². The second-order valence-corrected chi connectivity index (χ2v) is 6.23. The number of likely N-dealkylation sites (tertiary alicyclic amines) is 1. The van der Waals surface area contributed by atoms with Crippen LogP contribution in [0.5, 0.6) is 0 Å². The molecule has 0 aliphatic carbocycles. The fourth-order valence-electron chi connectivity index (χ4n) is 3.34. The van der Waals surface area contributed by atoms with Gasteiger partial charge < -0.3 is 14.5 Å². The number of nitrogens with zero attached hydrogens (tertiary/aromatic N) is 4. The minimum atomic E-state index is -2.01. The molecule has 2 amide bonds. The second-order valence-electron chi connectivity index (χ2n) is 6.23. The summed E-state index contributed by atoms with van der Waals surface area (Å²) in [7, 11) is 0. The number of aromatic nitrogens is 2. The molecule has 3 rings (SSSR count). The van der Waals surface area contributed by atoms with E-state index in [0.29, 0.717) is 51.5 Å². The molecule has 1 unspecified atom stereocenters. The van der Waals surface area contributed by atoms with Crippen molar-refractivity contribution in [1.29, 1.82) is 0 Å². The van der Waals surface area contributed by atoms with Gasteiger partial charge in [-0.25, -0.2) is 4.39 Å². The molecule has 2 fully saturated rings. The van der Waals surface area contributed by atoms with Gasteiger partial charge in [-0.05, 0) is 25.8 Å². The number of halogens is 1. The third-order valence-electron chi connectivity index (χ3n) is 4.65. The highest BCUT2D eigenvalue weighted by atomic mass is 19.1. The number of piperidine rings is 1. The van der Waals surface area contributed by atoms with Gasteiger partial charge in [-0.15, -0.1) is 0 Å². The average molecular weight is 338 g/mol. The quantitative estimate of drug-likeness (QED) is 0.814. The lowest BCUT2D eigenvalue weighted by Gasteiger charge is -2.39. The molecule has 1 atom stereocenters. The standard InChI is InChI=1S/C16H23FN4O3/c1-2-21-13(4-6-18-21)14(22)20-7-3-5-16(17,12-20)15(23)19-8-10-24-11-9-19/h4,6H,2-3,5,7-12H2,1H3. The number of rotatable bonds is 3. The first-order valence-electron chi connectivity index (χ1n) is 8.42. The first kappa shape index (κ1) is 16.9. The Balaban J connectivity index is 1.73. The predicted octanol–water partition coefficient (Wildman–Crippen LogP) is 0.706. The molecule has 132 valence electrons. The van der Waals surface area contributed by atoms with Gasteiger partial charge in [0, 0.05) is 32.4 Å². The van der Waals surface area contributed by atoms with Crippen LogP contribution in [-0.4, -0.2) is 76.5 Å².